The van der Waals surface area contributed by atoms with Gasteiger partial charge in [-0.05, 0) is 40.6 Å². The van der Waals surface area contributed by atoms with Gasteiger partial charge >= 0.3 is 0 Å². The van der Waals surface area contributed by atoms with Crippen molar-refractivity contribution in [2.45, 2.75) is 103 Å². The van der Waals surface area contributed by atoms with Crippen LogP contribution in [0.3, 0.4) is 0 Å². The molecule has 1 aromatic rings. The lowest BCUT2D eigenvalue weighted by Crippen LogP contribution is -2.21. The highest BCUT2D eigenvalue weighted by Gasteiger charge is 2.25. The molecular formula is C20H36S. The van der Waals surface area contributed by atoms with Crippen LogP contribution in [0.4, 0.5) is 0 Å². The first-order valence-electron chi connectivity index (χ1n) is 9.25. The predicted molar refractivity (Wildman–Crippen MR) is 98.4 cm³/mol. The third-order valence-electron chi connectivity index (χ3n) is 4.88. The standard InChI is InChI=1S/C20H36S/c1-4-6-8-10-11-13-16-20(3,15-12-9-7-5-2)19-14-17-21-18-19/h14,17-18H,4-13,15-16H2,1-3H3. The van der Waals surface area contributed by atoms with Gasteiger partial charge in [0.1, 0.15) is 0 Å². The van der Waals surface area contributed by atoms with Crippen LogP contribution in [0.15, 0.2) is 16.8 Å². The van der Waals surface area contributed by atoms with Gasteiger partial charge in [-0.1, -0.05) is 85.0 Å². The van der Waals surface area contributed by atoms with Crippen molar-refractivity contribution < 1.29 is 0 Å². The van der Waals surface area contributed by atoms with Gasteiger partial charge in [-0.15, -0.1) is 0 Å². The molecule has 0 aromatic carbocycles. The van der Waals surface area contributed by atoms with Crippen LogP contribution in [0.2, 0.25) is 0 Å². The van der Waals surface area contributed by atoms with Gasteiger partial charge in [0.15, 0.2) is 0 Å². The lowest BCUT2D eigenvalue weighted by Gasteiger charge is -2.29. The third kappa shape index (κ3) is 7.49. The molecule has 0 N–H and O–H groups in total. The van der Waals surface area contributed by atoms with Crippen molar-refractivity contribution in [3.05, 3.63) is 22.4 Å². The van der Waals surface area contributed by atoms with E-state index in [1.807, 2.05) is 11.3 Å². The van der Waals surface area contributed by atoms with E-state index in [-0.39, 0.29) is 0 Å². The average Bonchev–Trinajstić information content (AvgIpc) is 3.02. The Labute approximate surface area is 137 Å². The van der Waals surface area contributed by atoms with E-state index < -0.39 is 0 Å². The van der Waals surface area contributed by atoms with E-state index in [1.165, 1.54) is 77.0 Å². The fourth-order valence-electron chi connectivity index (χ4n) is 3.26. The summed E-state index contributed by atoms with van der Waals surface area (Å²) >= 11 is 1.86. The van der Waals surface area contributed by atoms with Crippen molar-refractivity contribution in [2.24, 2.45) is 0 Å². The van der Waals surface area contributed by atoms with E-state index in [2.05, 4.69) is 37.6 Å². The van der Waals surface area contributed by atoms with Gasteiger partial charge in [-0.2, -0.15) is 11.3 Å². The Kier molecular flexibility index (Phi) is 10.1. The molecule has 21 heavy (non-hydrogen) atoms. The molecule has 0 spiro atoms. The topological polar surface area (TPSA) is 0 Å². The molecule has 0 aliphatic rings. The van der Waals surface area contributed by atoms with Gasteiger partial charge in [0, 0.05) is 0 Å². The van der Waals surface area contributed by atoms with Crippen LogP contribution in [0.25, 0.3) is 0 Å². The van der Waals surface area contributed by atoms with E-state index >= 15 is 0 Å². The lowest BCUT2D eigenvalue weighted by atomic mass is 9.75. The average molecular weight is 309 g/mol. The van der Waals surface area contributed by atoms with E-state index in [0.29, 0.717) is 5.41 Å². The number of hydrogen-bond donors (Lipinski definition) is 0. The van der Waals surface area contributed by atoms with Gasteiger partial charge in [-0.25, -0.2) is 0 Å². The second-order valence-corrected chi connectivity index (χ2v) is 7.68. The fourth-order valence-corrected chi connectivity index (χ4v) is 4.07. The summed E-state index contributed by atoms with van der Waals surface area (Å²) < 4.78 is 0. The summed E-state index contributed by atoms with van der Waals surface area (Å²) in [6.07, 6.45) is 16.8. The summed E-state index contributed by atoms with van der Waals surface area (Å²) in [5.74, 6) is 0. The molecule has 1 atom stereocenters. The van der Waals surface area contributed by atoms with Crippen molar-refractivity contribution in [2.75, 3.05) is 0 Å². The SMILES string of the molecule is CCCCCCCCC(C)(CCCCCC)c1ccsc1. The van der Waals surface area contributed by atoms with Crippen LogP contribution in [-0.2, 0) is 5.41 Å². The minimum atomic E-state index is 0.429. The largest absolute Gasteiger partial charge is 0.152 e. The quantitative estimate of drug-likeness (QED) is 0.327. The molecule has 0 bridgehead atoms. The summed E-state index contributed by atoms with van der Waals surface area (Å²) in [6.45, 7) is 7.10. The van der Waals surface area contributed by atoms with Crippen molar-refractivity contribution in [1.29, 1.82) is 0 Å². The van der Waals surface area contributed by atoms with Gasteiger partial charge in [0.25, 0.3) is 0 Å². The molecule has 0 aliphatic heterocycles. The molecule has 1 unspecified atom stereocenters. The van der Waals surface area contributed by atoms with Crippen LogP contribution in [0.5, 0.6) is 0 Å². The highest BCUT2D eigenvalue weighted by molar-refractivity contribution is 7.08. The highest BCUT2D eigenvalue weighted by atomic mass is 32.1. The van der Waals surface area contributed by atoms with Crippen LogP contribution in [0.1, 0.15) is 103 Å². The third-order valence-corrected chi connectivity index (χ3v) is 5.57. The van der Waals surface area contributed by atoms with Gasteiger partial charge < -0.3 is 0 Å². The first kappa shape index (κ1) is 18.7. The molecule has 0 saturated heterocycles. The van der Waals surface area contributed by atoms with Crippen molar-refractivity contribution in [3.63, 3.8) is 0 Å². The highest BCUT2D eigenvalue weighted by Crippen LogP contribution is 2.36. The molecular weight excluding hydrogens is 272 g/mol. The van der Waals surface area contributed by atoms with Crippen molar-refractivity contribution in [3.8, 4) is 0 Å². The summed E-state index contributed by atoms with van der Waals surface area (Å²) in [5, 5.41) is 4.64. The normalized spacial score (nSPS) is 14.2. The van der Waals surface area contributed by atoms with Crippen LogP contribution >= 0.6 is 11.3 Å². The summed E-state index contributed by atoms with van der Waals surface area (Å²) in [5.41, 5.74) is 2.02. The summed E-state index contributed by atoms with van der Waals surface area (Å²) in [6, 6.07) is 2.36. The summed E-state index contributed by atoms with van der Waals surface area (Å²) in [7, 11) is 0. The molecule has 1 rings (SSSR count). The van der Waals surface area contributed by atoms with E-state index in [0.717, 1.165) is 0 Å². The molecule has 122 valence electrons. The minimum Gasteiger partial charge on any atom is -0.152 e. The Morgan fingerprint density at radius 2 is 1.33 bits per heavy atom. The van der Waals surface area contributed by atoms with Gasteiger partial charge in [-0.3, -0.25) is 0 Å². The van der Waals surface area contributed by atoms with Gasteiger partial charge in [0.2, 0.25) is 0 Å². The number of hydrogen-bond acceptors (Lipinski definition) is 1. The second-order valence-electron chi connectivity index (χ2n) is 6.90. The number of unbranched alkanes of at least 4 members (excludes halogenated alkanes) is 8. The first-order valence-corrected chi connectivity index (χ1v) is 10.2. The van der Waals surface area contributed by atoms with E-state index in [9.17, 15) is 0 Å². The Morgan fingerprint density at radius 1 is 0.810 bits per heavy atom. The Hall–Kier alpha value is -0.300. The smallest absolute Gasteiger partial charge is 0.00557 e. The molecule has 1 aromatic heterocycles. The number of rotatable bonds is 13. The fraction of sp³-hybridized carbons (Fsp3) is 0.800. The zero-order chi connectivity index (χ0) is 15.4. The lowest BCUT2D eigenvalue weighted by molar-refractivity contribution is 0.364. The Morgan fingerprint density at radius 3 is 1.86 bits per heavy atom. The van der Waals surface area contributed by atoms with E-state index in [4.69, 9.17) is 0 Å². The molecule has 0 nitrogen and oxygen atoms in total. The Bertz CT molecular complexity index is 328. The number of thiophene rings is 1. The predicted octanol–water partition coefficient (Wildman–Crippen LogP) is 7.73. The molecule has 1 heterocycles. The van der Waals surface area contributed by atoms with Crippen molar-refractivity contribution >= 4 is 11.3 Å². The van der Waals surface area contributed by atoms with Crippen LogP contribution in [-0.4, -0.2) is 0 Å². The Balaban J connectivity index is 2.37. The zero-order valence-electron chi connectivity index (χ0n) is 14.6. The summed E-state index contributed by atoms with van der Waals surface area (Å²) in [4.78, 5) is 0. The monoisotopic (exact) mass is 308 g/mol. The zero-order valence-corrected chi connectivity index (χ0v) is 15.4. The minimum absolute atomic E-state index is 0.429. The van der Waals surface area contributed by atoms with Crippen molar-refractivity contribution in [1.82, 2.24) is 0 Å². The molecule has 0 radical (unpaired) electrons. The van der Waals surface area contributed by atoms with Crippen LogP contribution in [0, 0.1) is 0 Å². The molecule has 0 aliphatic carbocycles. The molecule has 0 saturated carbocycles. The molecule has 0 amide bonds. The maximum absolute atomic E-state index is 2.51. The van der Waals surface area contributed by atoms with E-state index in [1.54, 1.807) is 5.56 Å². The van der Waals surface area contributed by atoms with Crippen LogP contribution < -0.4 is 0 Å². The second kappa shape index (κ2) is 11.3. The molecule has 0 fully saturated rings. The van der Waals surface area contributed by atoms with Gasteiger partial charge in [0.05, 0.1) is 0 Å². The maximum Gasteiger partial charge on any atom is -0.00557 e. The molecule has 1 heteroatoms. The first-order chi connectivity index (χ1) is 10.2. The maximum atomic E-state index is 2.51.